The van der Waals surface area contributed by atoms with E-state index in [2.05, 4.69) is 10.6 Å². The number of amides is 2. The zero-order chi connectivity index (χ0) is 29.1. The molecule has 0 aromatic heterocycles. The average Bonchev–Trinajstić information content (AvgIpc) is 2.90. The Bertz CT molecular complexity index is 1290. The number of carboxylic acid groups (broad SMARTS) is 1. The van der Waals surface area contributed by atoms with Gasteiger partial charge in [-0.2, -0.15) is 0 Å². The zero-order valence-corrected chi connectivity index (χ0v) is 24.5. The molecule has 3 saturated carbocycles. The minimum Gasteiger partial charge on any atom is -0.484 e. The summed E-state index contributed by atoms with van der Waals surface area (Å²) in [6.45, 7) is -0.761. The molecule has 2 amide bonds. The molecule has 40 heavy (non-hydrogen) atoms. The molecule has 2 aromatic rings. The van der Waals surface area contributed by atoms with E-state index in [0.29, 0.717) is 32.1 Å². The van der Waals surface area contributed by atoms with Crippen LogP contribution in [0.5, 0.6) is 11.5 Å². The van der Waals surface area contributed by atoms with Crippen LogP contribution in [0, 0.1) is 17.6 Å². The lowest BCUT2D eigenvalue weighted by Gasteiger charge is -2.58. The Morgan fingerprint density at radius 3 is 1.90 bits per heavy atom. The number of benzene rings is 2. The van der Waals surface area contributed by atoms with Crippen molar-refractivity contribution in [2.45, 2.75) is 47.3 Å². The molecule has 9 nitrogen and oxygen atoms in total. The van der Waals surface area contributed by atoms with Crippen LogP contribution in [-0.2, 0) is 14.3 Å². The minimum absolute atomic E-state index is 0.0657. The van der Waals surface area contributed by atoms with Gasteiger partial charge in [-0.15, -0.1) is 0 Å². The number of nitrogens with one attached hydrogen (secondary N) is 2. The van der Waals surface area contributed by atoms with Crippen LogP contribution in [0.4, 0.5) is 13.6 Å². The van der Waals surface area contributed by atoms with Gasteiger partial charge in [0.05, 0.1) is 10.0 Å². The highest BCUT2D eigenvalue weighted by Crippen LogP contribution is 2.53. The van der Waals surface area contributed by atoms with Gasteiger partial charge in [0.1, 0.15) is 23.1 Å². The number of halogens is 5. The third kappa shape index (κ3) is 7.19. The summed E-state index contributed by atoms with van der Waals surface area (Å²) in [6, 6.07) is 7.68. The van der Waals surface area contributed by atoms with Gasteiger partial charge in [0, 0.05) is 29.1 Å². The van der Waals surface area contributed by atoms with Crippen molar-refractivity contribution >= 4 is 63.8 Å². The summed E-state index contributed by atoms with van der Waals surface area (Å²) in [4.78, 5) is 37.0. The number of fused-ring (bicyclic) bond motifs is 3. The van der Waals surface area contributed by atoms with E-state index in [1.165, 1.54) is 24.3 Å². The summed E-state index contributed by atoms with van der Waals surface area (Å²) in [5.74, 6) is -2.45. The molecule has 0 aliphatic heterocycles. The molecule has 1 unspecified atom stereocenters. The monoisotopic (exact) mass is 712 g/mol. The highest BCUT2D eigenvalue weighted by Gasteiger charge is 2.58. The molecule has 14 heteroatoms. The Morgan fingerprint density at radius 2 is 1.43 bits per heavy atom. The fourth-order valence-corrected chi connectivity index (χ4v) is 6.75. The van der Waals surface area contributed by atoms with E-state index in [9.17, 15) is 28.3 Å². The van der Waals surface area contributed by atoms with Crippen LogP contribution in [-0.4, -0.2) is 51.5 Å². The topological polar surface area (TPSA) is 123 Å². The molecule has 3 aliphatic rings. The van der Waals surface area contributed by atoms with Gasteiger partial charge in [-0.3, -0.25) is 9.59 Å². The number of rotatable bonds is 10. The summed E-state index contributed by atoms with van der Waals surface area (Å²) < 4.78 is 42.4. The molecule has 0 radical (unpaired) electrons. The van der Waals surface area contributed by atoms with Crippen molar-refractivity contribution in [1.29, 1.82) is 0 Å². The van der Waals surface area contributed by atoms with Crippen molar-refractivity contribution in [3.63, 3.8) is 0 Å². The molecule has 0 saturated heterocycles. The van der Waals surface area contributed by atoms with Crippen LogP contribution < -0.4 is 20.1 Å². The molecule has 3 N–H and O–H groups in total. The summed E-state index contributed by atoms with van der Waals surface area (Å²) >= 11 is 13.2. The summed E-state index contributed by atoms with van der Waals surface area (Å²) in [7, 11) is 0. The Labute approximate surface area is 252 Å². The predicted octanol–water partition coefficient (Wildman–Crippen LogP) is 5.49. The van der Waals surface area contributed by atoms with Crippen molar-refractivity contribution in [2.24, 2.45) is 5.92 Å². The maximum absolute atomic E-state index is 13.7. The Hall–Kier alpha value is -2.58. The average molecular weight is 713 g/mol. The van der Waals surface area contributed by atoms with E-state index >= 15 is 0 Å². The third-order valence-corrected chi connectivity index (χ3v) is 9.00. The van der Waals surface area contributed by atoms with Gasteiger partial charge in [-0.1, -0.05) is 23.2 Å². The largest absolute Gasteiger partial charge is 0.506 e. The highest BCUT2D eigenvalue weighted by atomic mass is 127. The van der Waals surface area contributed by atoms with Crippen molar-refractivity contribution in [2.75, 3.05) is 13.2 Å². The Morgan fingerprint density at radius 1 is 0.925 bits per heavy atom. The normalized spacial score (nSPS) is 24.1. The lowest BCUT2D eigenvalue weighted by Crippen LogP contribution is -2.70. The van der Waals surface area contributed by atoms with Crippen LogP contribution >= 0.6 is 45.8 Å². The molecular formula is C26H25Cl2F2IN2O7. The molecule has 3 aliphatic carbocycles. The standard InChI is InChI=1S/C26H25Cl2F2IN2O7/c27-17-3-1-14(9-19(17)29)38-12-21(34)32-25-5-7-26(8-6-25,16(11-25)23(31)40-24(36)37)33-22(35)13-39-15-2-4-18(28)20(30)10-15/h1-4,9-10,16,23H,5-8,11-13H2,(H,32,34)(H,33,35)(H,36,37)/t16-,23?,25?,26?/m1/s1. The molecule has 2 atom stereocenters. The molecule has 2 bridgehead atoms. The van der Waals surface area contributed by atoms with E-state index in [-0.39, 0.29) is 28.2 Å². The van der Waals surface area contributed by atoms with E-state index < -0.39 is 57.3 Å². The number of hydrogen-bond donors (Lipinski definition) is 3. The second-order valence-electron chi connectivity index (χ2n) is 9.81. The quantitative estimate of drug-likeness (QED) is 0.169. The van der Waals surface area contributed by atoms with Gasteiger partial charge in [0.15, 0.2) is 17.3 Å². The summed E-state index contributed by atoms with van der Waals surface area (Å²) in [6.07, 6.45) is 0.752. The Kier molecular flexibility index (Phi) is 9.51. The first-order valence-corrected chi connectivity index (χ1v) is 14.2. The summed E-state index contributed by atoms with van der Waals surface area (Å²) in [5.41, 5.74) is -1.48. The second-order valence-corrected chi connectivity index (χ2v) is 11.8. The second kappa shape index (κ2) is 12.5. The van der Waals surface area contributed by atoms with Gasteiger partial charge in [-0.05, 0) is 79.0 Å². The highest BCUT2D eigenvalue weighted by molar-refractivity contribution is 14.1. The van der Waals surface area contributed by atoms with Crippen LogP contribution in [0.3, 0.4) is 0 Å². The van der Waals surface area contributed by atoms with E-state index in [1.54, 1.807) is 0 Å². The van der Waals surface area contributed by atoms with Gasteiger partial charge < -0.3 is 30.0 Å². The fraction of sp³-hybridized carbons (Fsp3) is 0.423. The zero-order valence-electron chi connectivity index (χ0n) is 20.9. The smallest absolute Gasteiger partial charge is 0.484 e. The first-order valence-electron chi connectivity index (χ1n) is 12.2. The lowest BCUT2D eigenvalue weighted by atomic mass is 9.56. The molecular weight excluding hydrogens is 688 g/mol. The van der Waals surface area contributed by atoms with Crippen LogP contribution in [0.25, 0.3) is 0 Å². The number of ether oxygens (including phenoxy) is 3. The van der Waals surface area contributed by atoms with Crippen molar-refractivity contribution in [3.8, 4) is 11.5 Å². The van der Waals surface area contributed by atoms with E-state index in [4.69, 9.17) is 37.4 Å². The molecule has 5 rings (SSSR count). The number of hydrogen-bond acceptors (Lipinski definition) is 6. The number of carbonyl (C=O) groups excluding carboxylic acids is 2. The lowest BCUT2D eigenvalue weighted by molar-refractivity contribution is -0.134. The maximum Gasteiger partial charge on any atom is 0.506 e. The van der Waals surface area contributed by atoms with Crippen molar-refractivity contribution in [1.82, 2.24) is 10.6 Å². The molecule has 0 spiro atoms. The van der Waals surface area contributed by atoms with Crippen molar-refractivity contribution < 1.29 is 42.5 Å². The van der Waals surface area contributed by atoms with Gasteiger partial charge in [-0.25, -0.2) is 13.6 Å². The first kappa shape index (κ1) is 30.4. The SMILES string of the molecule is O=C(COc1ccc(Cl)c(F)c1)NC12CCC(NC(=O)COc3ccc(Cl)c(F)c3)(CC1)[C@@H](C(I)OC(=O)O)C2. The van der Waals surface area contributed by atoms with Crippen LogP contribution in [0.15, 0.2) is 36.4 Å². The predicted molar refractivity (Wildman–Crippen MR) is 149 cm³/mol. The number of carbonyl (C=O) groups is 3. The maximum atomic E-state index is 13.7. The minimum atomic E-state index is -1.46. The van der Waals surface area contributed by atoms with Crippen LogP contribution in [0.2, 0.25) is 10.0 Å². The third-order valence-electron chi connectivity index (χ3n) is 7.26. The molecule has 0 heterocycles. The summed E-state index contributed by atoms with van der Waals surface area (Å²) in [5, 5.41) is 15.1. The molecule has 3 fully saturated rings. The number of alkyl halides is 1. The van der Waals surface area contributed by atoms with Crippen LogP contribution in [0.1, 0.15) is 32.1 Å². The van der Waals surface area contributed by atoms with E-state index in [0.717, 1.165) is 12.1 Å². The molecule has 216 valence electrons. The van der Waals surface area contributed by atoms with Gasteiger partial charge in [0.2, 0.25) is 0 Å². The first-order chi connectivity index (χ1) is 18.9. The van der Waals surface area contributed by atoms with Gasteiger partial charge in [0.25, 0.3) is 11.8 Å². The van der Waals surface area contributed by atoms with E-state index in [1.807, 2.05) is 22.6 Å². The van der Waals surface area contributed by atoms with Crippen molar-refractivity contribution in [3.05, 3.63) is 58.1 Å². The molecule has 2 aromatic carbocycles. The fourth-order valence-electron chi connectivity index (χ4n) is 5.36. The Balaban J connectivity index is 1.41. The van der Waals surface area contributed by atoms with Gasteiger partial charge >= 0.3 is 6.16 Å².